The van der Waals surface area contributed by atoms with Gasteiger partial charge in [-0.05, 0) is 48.4 Å². The molecule has 1 aliphatic rings. The van der Waals surface area contributed by atoms with E-state index >= 15 is 0 Å². The number of fused-ring (bicyclic) bond motifs is 1. The summed E-state index contributed by atoms with van der Waals surface area (Å²) in [6, 6.07) is 12.9. The molecule has 0 saturated heterocycles. The molecule has 0 aromatic heterocycles. The topological polar surface area (TPSA) is 67.4 Å². The zero-order valence-corrected chi connectivity index (χ0v) is 16.2. The minimum Gasteiger partial charge on any atom is -0.497 e. The quantitative estimate of drug-likeness (QED) is 0.577. The predicted molar refractivity (Wildman–Crippen MR) is 109 cm³/mol. The van der Waals surface area contributed by atoms with Crippen LogP contribution in [-0.4, -0.2) is 25.5 Å². The average molecular weight is 382 g/mol. The summed E-state index contributed by atoms with van der Waals surface area (Å²) in [7, 11) is 1.61. The van der Waals surface area contributed by atoms with Gasteiger partial charge in [-0.25, -0.2) is 0 Å². The van der Waals surface area contributed by atoms with Crippen molar-refractivity contribution in [3.8, 4) is 5.75 Å². The van der Waals surface area contributed by atoms with E-state index in [0.29, 0.717) is 22.7 Å². The molecule has 0 bridgehead atoms. The molecule has 0 saturated carbocycles. The third-order valence-corrected chi connectivity index (χ3v) is 5.24. The Kier molecular flexibility index (Phi) is 6.19. The SMILES string of the molecule is CCCCNC(=O)c1ccc2c(c1)NC(=O)C(=Cc1cccc(OC)c1)S2. The van der Waals surface area contributed by atoms with Crippen LogP contribution in [-0.2, 0) is 4.79 Å². The Bertz CT molecular complexity index is 893. The fourth-order valence-corrected chi connectivity index (χ4v) is 3.60. The molecule has 1 heterocycles. The highest BCUT2D eigenvalue weighted by atomic mass is 32.2. The fraction of sp³-hybridized carbons (Fsp3) is 0.238. The lowest BCUT2D eigenvalue weighted by Gasteiger charge is -2.19. The van der Waals surface area contributed by atoms with E-state index in [9.17, 15) is 9.59 Å². The van der Waals surface area contributed by atoms with Gasteiger partial charge in [0.25, 0.3) is 11.8 Å². The summed E-state index contributed by atoms with van der Waals surface area (Å²) in [5, 5.41) is 5.77. The minimum atomic E-state index is -0.182. The van der Waals surface area contributed by atoms with E-state index in [2.05, 4.69) is 17.6 Å². The first kappa shape index (κ1) is 19.0. The zero-order valence-electron chi connectivity index (χ0n) is 15.4. The molecule has 0 atom stereocenters. The Balaban J connectivity index is 1.78. The summed E-state index contributed by atoms with van der Waals surface area (Å²) >= 11 is 1.39. The molecule has 140 valence electrons. The lowest BCUT2D eigenvalue weighted by atomic mass is 10.1. The van der Waals surface area contributed by atoms with E-state index in [-0.39, 0.29) is 11.8 Å². The third kappa shape index (κ3) is 4.71. The van der Waals surface area contributed by atoms with E-state index in [1.807, 2.05) is 36.4 Å². The van der Waals surface area contributed by atoms with Crippen LogP contribution in [0.3, 0.4) is 0 Å². The number of nitrogens with one attached hydrogen (secondary N) is 2. The van der Waals surface area contributed by atoms with Crippen LogP contribution in [0.4, 0.5) is 5.69 Å². The number of carbonyl (C=O) groups excluding carboxylic acids is 2. The van der Waals surface area contributed by atoms with Crippen molar-refractivity contribution in [2.45, 2.75) is 24.7 Å². The number of hydrogen-bond acceptors (Lipinski definition) is 4. The van der Waals surface area contributed by atoms with Crippen molar-refractivity contribution in [1.29, 1.82) is 0 Å². The van der Waals surface area contributed by atoms with Crippen LogP contribution in [0.15, 0.2) is 52.3 Å². The molecule has 6 heteroatoms. The third-order valence-electron chi connectivity index (χ3n) is 4.14. The molecular formula is C21H22N2O3S. The van der Waals surface area contributed by atoms with Gasteiger partial charge in [-0.1, -0.05) is 37.2 Å². The lowest BCUT2D eigenvalue weighted by molar-refractivity contribution is -0.112. The number of anilines is 1. The number of amides is 2. The van der Waals surface area contributed by atoms with Gasteiger partial charge < -0.3 is 15.4 Å². The number of ether oxygens (including phenoxy) is 1. The van der Waals surface area contributed by atoms with Crippen molar-refractivity contribution >= 4 is 35.3 Å². The molecule has 0 unspecified atom stereocenters. The maximum atomic E-state index is 12.5. The van der Waals surface area contributed by atoms with Crippen molar-refractivity contribution in [3.63, 3.8) is 0 Å². The maximum absolute atomic E-state index is 12.5. The van der Waals surface area contributed by atoms with Crippen molar-refractivity contribution < 1.29 is 14.3 Å². The minimum absolute atomic E-state index is 0.122. The molecule has 0 spiro atoms. The molecule has 2 amide bonds. The van der Waals surface area contributed by atoms with E-state index in [1.54, 1.807) is 19.2 Å². The van der Waals surface area contributed by atoms with Gasteiger partial charge in [-0.3, -0.25) is 9.59 Å². The first-order chi connectivity index (χ1) is 13.1. The molecule has 27 heavy (non-hydrogen) atoms. The van der Waals surface area contributed by atoms with Crippen molar-refractivity contribution in [2.75, 3.05) is 19.0 Å². The summed E-state index contributed by atoms with van der Waals surface area (Å²) in [5.41, 5.74) is 2.10. The smallest absolute Gasteiger partial charge is 0.262 e. The average Bonchev–Trinajstić information content (AvgIpc) is 2.68. The molecule has 0 radical (unpaired) electrons. The van der Waals surface area contributed by atoms with Crippen LogP contribution < -0.4 is 15.4 Å². The summed E-state index contributed by atoms with van der Waals surface area (Å²) in [6.45, 7) is 2.73. The lowest BCUT2D eigenvalue weighted by Crippen LogP contribution is -2.25. The number of carbonyl (C=O) groups is 2. The Labute approximate surface area is 163 Å². The van der Waals surface area contributed by atoms with Gasteiger partial charge in [-0.2, -0.15) is 0 Å². The number of unbranched alkanes of at least 4 members (excludes halogenated alkanes) is 1. The Morgan fingerprint density at radius 2 is 2.11 bits per heavy atom. The molecule has 0 aliphatic carbocycles. The number of methoxy groups -OCH3 is 1. The fourth-order valence-electron chi connectivity index (χ4n) is 2.67. The summed E-state index contributed by atoms with van der Waals surface area (Å²) < 4.78 is 5.22. The first-order valence-electron chi connectivity index (χ1n) is 8.88. The van der Waals surface area contributed by atoms with Gasteiger partial charge >= 0.3 is 0 Å². The Morgan fingerprint density at radius 1 is 1.26 bits per heavy atom. The number of hydrogen-bond donors (Lipinski definition) is 2. The molecule has 3 rings (SSSR count). The first-order valence-corrected chi connectivity index (χ1v) is 9.69. The van der Waals surface area contributed by atoms with Crippen molar-refractivity contribution in [2.24, 2.45) is 0 Å². The summed E-state index contributed by atoms with van der Waals surface area (Å²) in [4.78, 5) is 26.2. The highest BCUT2D eigenvalue weighted by molar-refractivity contribution is 8.04. The van der Waals surface area contributed by atoms with Crippen molar-refractivity contribution in [1.82, 2.24) is 5.32 Å². The van der Waals surface area contributed by atoms with Gasteiger partial charge in [0.15, 0.2) is 0 Å². The van der Waals surface area contributed by atoms with Gasteiger partial charge in [0, 0.05) is 17.0 Å². The van der Waals surface area contributed by atoms with Gasteiger partial charge in [0.05, 0.1) is 17.7 Å². The van der Waals surface area contributed by atoms with Gasteiger partial charge in [0.1, 0.15) is 5.75 Å². The monoisotopic (exact) mass is 382 g/mol. The van der Waals surface area contributed by atoms with Crippen LogP contribution in [0.2, 0.25) is 0 Å². The van der Waals surface area contributed by atoms with E-state index < -0.39 is 0 Å². The molecule has 1 aliphatic heterocycles. The molecule has 2 N–H and O–H groups in total. The highest BCUT2D eigenvalue weighted by Gasteiger charge is 2.22. The highest BCUT2D eigenvalue weighted by Crippen LogP contribution is 2.39. The molecule has 2 aromatic rings. The molecule has 0 fully saturated rings. The van der Waals surface area contributed by atoms with E-state index in [4.69, 9.17) is 4.74 Å². The van der Waals surface area contributed by atoms with Crippen LogP contribution >= 0.6 is 11.8 Å². The van der Waals surface area contributed by atoms with Gasteiger partial charge in [-0.15, -0.1) is 0 Å². The standard InChI is InChI=1S/C21H22N2O3S/c1-3-4-10-22-20(24)15-8-9-18-17(13-15)23-21(25)19(27-18)12-14-6-5-7-16(11-14)26-2/h5-9,11-13H,3-4,10H2,1-2H3,(H,22,24)(H,23,25). The normalized spacial score (nSPS) is 14.4. The van der Waals surface area contributed by atoms with Gasteiger partial charge in [0.2, 0.25) is 0 Å². The van der Waals surface area contributed by atoms with Crippen LogP contribution in [0.5, 0.6) is 5.75 Å². The van der Waals surface area contributed by atoms with Crippen LogP contribution in [0.25, 0.3) is 6.08 Å². The molecule has 2 aromatic carbocycles. The Morgan fingerprint density at radius 3 is 2.89 bits per heavy atom. The van der Waals surface area contributed by atoms with E-state index in [0.717, 1.165) is 29.1 Å². The second-order valence-corrected chi connectivity index (χ2v) is 7.25. The van der Waals surface area contributed by atoms with Crippen molar-refractivity contribution in [3.05, 3.63) is 58.5 Å². The molecule has 5 nitrogen and oxygen atoms in total. The van der Waals surface area contributed by atoms with Crippen LogP contribution in [0.1, 0.15) is 35.7 Å². The Hall–Kier alpha value is -2.73. The van der Waals surface area contributed by atoms with Crippen LogP contribution in [0, 0.1) is 0 Å². The number of thioether (sulfide) groups is 1. The van der Waals surface area contributed by atoms with E-state index in [1.165, 1.54) is 11.8 Å². The maximum Gasteiger partial charge on any atom is 0.262 e. The second-order valence-electron chi connectivity index (χ2n) is 6.16. The second kappa shape index (κ2) is 8.77. The number of rotatable bonds is 6. The zero-order chi connectivity index (χ0) is 19.2. The summed E-state index contributed by atoms with van der Waals surface area (Å²) in [6.07, 6.45) is 3.80. The predicted octanol–water partition coefficient (Wildman–Crippen LogP) is 4.31. The largest absolute Gasteiger partial charge is 0.497 e. The summed E-state index contributed by atoms with van der Waals surface area (Å²) in [5.74, 6) is 0.437. The molecular weight excluding hydrogens is 360 g/mol. The number of benzene rings is 2.